The first-order valence-corrected chi connectivity index (χ1v) is 5.64. The molecule has 0 spiro atoms. The fourth-order valence-electron chi connectivity index (χ4n) is 1.77. The smallest absolute Gasteiger partial charge is 0.259 e. The summed E-state index contributed by atoms with van der Waals surface area (Å²) >= 11 is 0. The summed E-state index contributed by atoms with van der Waals surface area (Å²) in [6.07, 6.45) is 2.96. The molecule has 3 rings (SSSR count). The molecule has 19 heavy (non-hydrogen) atoms. The normalized spacial score (nSPS) is 12.2. The first-order valence-electron chi connectivity index (χ1n) is 5.64. The Morgan fingerprint density at radius 3 is 2.95 bits per heavy atom. The average Bonchev–Trinajstić information content (AvgIpc) is 2.86. The van der Waals surface area contributed by atoms with Crippen molar-refractivity contribution in [1.29, 1.82) is 0 Å². The van der Waals surface area contributed by atoms with E-state index < -0.39 is 0 Å². The molecule has 6 nitrogen and oxygen atoms in total. The van der Waals surface area contributed by atoms with Gasteiger partial charge in [0.1, 0.15) is 0 Å². The Hall–Kier alpha value is -2.76. The predicted molar refractivity (Wildman–Crippen MR) is 69.2 cm³/mol. The number of nitrogens with two attached hydrogens (primary N) is 1. The quantitative estimate of drug-likeness (QED) is 0.854. The second-order valence-corrected chi connectivity index (χ2v) is 3.99. The van der Waals surface area contributed by atoms with Gasteiger partial charge >= 0.3 is 0 Å². The molecule has 1 aromatic carbocycles. The molecule has 2 aromatic rings. The number of pyridine rings is 1. The van der Waals surface area contributed by atoms with Crippen LogP contribution in [0.2, 0.25) is 0 Å². The molecule has 1 amide bonds. The first kappa shape index (κ1) is 11.3. The molecule has 0 atom stereocenters. The molecule has 0 saturated carbocycles. The van der Waals surface area contributed by atoms with Gasteiger partial charge in [-0.3, -0.25) is 9.78 Å². The zero-order chi connectivity index (χ0) is 13.2. The summed E-state index contributed by atoms with van der Waals surface area (Å²) in [6.45, 7) is 0.197. The van der Waals surface area contributed by atoms with Gasteiger partial charge in [0, 0.05) is 29.8 Å². The molecule has 96 valence electrons. The maximum Gasteiger partial charge on any atom is 0.259 e. The Balaban J connectivity index is 1.82. The lowest BCUT2D eigenvalue weighted by Crippen LogP contribution is -2.14. The van der Waals surface area contributed by atoms with Crippen molar-refractivity contribution in [2.45, 2.75) is 0 Å². The second-order valence-electron chi connectivity index (χ2n) is 3.99. The average molecular weight is 257 g/mol. The number of carbonyl (C=O) groups is 1. The first-order chi connectivity index (χ1) is 9.24. The fourth-order valence-corrected chi connectivity index (χ4v) is 1.77. The number of nitrogens with zero attached hydrogens (tertiary/aromatic N) is 1. The number of hydrogen-bond acceptors (Lipinski definition) is 5. The van der Waals surface area contributed by atoms with Crippen molar-refractivity contribution in [2.24, 2.45) is 0 Å². The lowest BCUT2D eigenvalue weighted by atomic mass is 10.2. The van der Waals surface area contributed by atoms with Gasteiger partial charge in [0.05, 0.1) is 5.56 Å². The van der Waals surface area contributed by atoms with Crippen LogP contribution in [0.1, 0.15) is 10.4 Å². The molecule has 3 N–H and O–H groups in total. The predicted octanol–water partition coefficient (Wildman–Crippen LogP) is 1.64. The number of nitrogen functional groups attached to an aromatic ring is 1. The van der Waals surface area contributed by atoms with E-state index in [1.807, 2.05) is 0 Å². The minimum absolute atomic E-state index is 0.197. The number of nitrogens with one attached hydrogen (secondary N) is 1. The van der Waals surface area contributed by atoms with Gasteiger partial charge in [-0.05, 0) is 18.2 Å². The summed E-state index contributed by atoms with van der Waals surface area (Å²) in [4.78, 5) is 15.9. The van der Waals surface area contributed by atoms with E-state index in [0.717, 1.165) is 0 Å². The summed E-state index contributed by atoms with van der Waals surface area (Å²) in [5.41, 5.74) is 7.04. The standard InChI is InChI=1S/C13H11N3O3/c14-10-3-4-15-6-9(10)13(17)16-8-1-2-11-12(5-8)19-7-18-11/h1-6H,7H2,(H2,14,15)(H,16,17). The molecule has 2 heterocycles. The summed E-state index contributed by atoms with van der Waals surface area (Å²) in [5, 5.41) is 2.73. The van der Waals surface area contributed by atoms with Gasteiger partial charge in [-0.1, -0.05) is 0 Å². The third-order valence-corrected chi connectivity index (χ3v) is 2.73. The van der Waals surface area contributed by atoms with E-state index in [2.05, 4.69) is 10.3 Å². The molecule has 0 bridgehead atoms. The zero-order valence-electron chi connectivity index (χ0n) is 9.92. The highest BCUT2D eigenvalue weighted by Gasteiger charge is 2.15. The summed E-state index contributed by atoms with van der Waals surface area (Å²) < 4.78 is 10.4. The number of benzene rings is 1. The number of carbonyl (C=O) groups excluding carboxylic acids is 1. The van der Waals surface area contributed by atoms with Crippen LogP contribution in [0.4, 0.5) is 11.4 Å². The molecule has 0 fully saturated rings. The number of rotatable bonds is 2. The van der Waals surface area contributed by atoms with Gasteiger partial charge < -0.3 is 20.5 Å². The molecule has 1 aromatic heterocycles. The highest BCUT2D eigenvalue weighted by molar-refractivity contribution is 6.07. The zero-order valence-corrected chi connectivity index (χ0v) is 9.92. The van der Waals surface area contributed by atoms with Crippen molar-refractivity contribution in [2.75, 3.05) is 17.8 Å². The van der Waals surface area contributed by atoms with Crippen molar-refractivity contribution in [1.82, 2.24) is 4.98 Å². The summed E-state index contributed by atoms with van der Waals surface area (Å²) in [7, 11) is 0. The van der Waals surface area contributed by atoms with Crippen LogP contribution < -0.4 is 20.5 Å². The lowest BCUT2D eigenvalue weighted by molar-refractivity contribution is 0.102. The van der Waals surface area contributed by atoms with E-state index in [-0.39, 0.29) is 12.7 Å². The van der Waals surface area contributed by atoms with Gasteiger partial charge in [-0.15, -0.1) is 0 Å². The molecule has 1 aliphatic heterocycles. The van der Waals surface area contributed by atoms with Crippen molar-refractivity contribution < 1.29 is 14.3 Å². The maximum absolute atomic E-state index is 12.0. The van der Waals surface area contributed by atoms with Crippen LogP contribution >= 0.6 is 0 Å². The Labute approximate surface area is 109 Å². The van der Waals surface area contributed by atoms with Gasteiger partial charge in [0.15, 0.2) is 11.5 Å². The fraction of sp³-hybridized carbons (Fsp3) is 0.0769. The van der Waals surface area contributed by atoms with Crippen LogP contribution in [0.5, 0.6) is 11.5 Å². The van der Waals surface area contributed by atoms with Crippen LogP contribution in [0.15, 0.2) is 36.7 Å². The van der Waals surface area contributed by atoms with Crippen molar-refractivity contribution in [3.05, 3.63) is 42.2 Å². The molecule has 1 aliphatic rings. The van der Waals surface area contributed by atoms with Gasteiger partial charge in [-0.25, -0.2) is 0 Å². The number of fused-ring (bicyclic) bond motifs is 1. The molecule has 0 radical (unpaired) electrons. The maximum atomic E-state index is 12.0. The Morgan fingerprint density at radius 1 is 1.26 bits per heavy atom. The van der Waals surface area contributed by atoms with E-state index in [9.17, 15) is 4.79 Å². The van der Waals surface area contributed by atoms with Crippen molar-refractivity contribution in [3.8, 4) is 11.5 Å². The van der Waals surface area contributed by atoms with Crippen LogP contribution in [0.25, 0.3) is 0 Å². The Morgan fingerprint density at radius 2 is 2.11 bits per heavy atom. The second kappa shape index (κ2) is 4.49. The lowest BCUT2D eigenvalue weighted by Gasteiger charge is -2.07. The van der Waals surface area contributed by atoms with Gasteiger partial charge in [0.25, 0.3) is 5.91 Å². The topological polar surface area (TPSA) is 86.5 Å². The van der Waals surface area contributed by atoms with Crippen molar-refractivity contribution in [3.63, 3.8) is 0 Å². The Kier molecular flexibility index (Phi) is 2.68. The van der Waals surface area contributed by atoms with Gasteiger partial charge in [0.2, 0.25) is 6.79 Å². The molecule has 0 unspecified atom stereocenters. The van der Waals surface area contributed by atoms with E-state index in [1.54, 1.807) is 24.3 Å². The Bertz CT molecular complexity index is 643. The number of aromatic nitrogens is 1. The number of anilines is 2. The highest BCUT2D eigenvalue weighted by atomic mass is 16.7. The third-order valence-electron chi connectivity index (χ3n) is 2.73. The molecule has 6 heteroatoms. The van der Waals surface area contributed by atoms with Crippen LogP contribution in [0, 0.1) is 0 Å². The summed E-state index contributed by atoms with van der Waals surface area (Å²) in [6, 6.07) is 6.75. The minimum atomic E-state index is -0.315. The highest BCUT2D eigenvalue weighted by Crippen LogP contribution is 2.34. The minimum Gasteiger partial charge on any atom is -0.454 e. The summed E-state index contributed by atoms with van der Waals surface area (Å²) in [5.74, 6) is 0.959. The van der Waals surface area contributed by atoms with E-state index in [0.29, 0.717) is 28.4 Å². The van der Waals surface area contributed by atoms with Crippen LogP contribution in [0.3, 0.4) is 0 Å². The van der Waals surface area contributed by atoms with E-state index in [1.165, 1.54) is 12.4 Å². The van der Waals surface area contributed by atoms with E-state index in [4.69, 9.17) is 15.2 Å². The number of ether oxygens (including phenoxy) is 2. The van der Waals surface area contributed by atoms with Crippen LogP contribution in [-0.2, 0) is 0 Å². The number of amides is 1. The molecule has 0 aliphatic carbocycles. The number of hydrogen-bond donors (Lipinski definition) is 2. The van der Waals surface area contributed by atoms with Crippen molar-refractivity contribution >= 4 is 17.3 Å². The SMILES string of the molecule is Nc1ccncc1C(=O)Nc1ccc2c(c1)OCO2. The van der Waals surface area contributed by atoms with Crippen LogP contribution in [-0.4, -0.2) is 17.7 Å². The van der Waals surface area contributed by atoms with Gasteiger partial charge in [-0.2, -0.15) is 0 Å². The van der Waals surface area contributed by atoms with E-state index >= 15 is 0 Å². The molecular formula is C13H11N3O3. The third kappa shape index (κ3) is 2.15. The monoisotopic (exact) mass is 257 g/mol. The largest absolute Gasteiger partial charge is 0.454 e. The molecular weight excluding hydrogens is 246 g/mol. The molecule has 0 saturated heterocycles.